The highest BCUT2D eigenvalue weighted by atomic mass is 19.1. The normalized spacial score (nSPS) is 10.1. The van der Waals surface area contributed by atoms with Crippen LogP contribution in [-0.4, -0.2) is 26.1 Å². The number of benzene rings is 2. The maximum atomic E-state index is 13.7. The summed E-state index contributed by atoms with van der Waals surface area (Å²) in [6.45, 7) is 1.82. The van der Waals surface area contributed by atoms with Gasteiger partial charge in [0.05, 0.1) is 25.5 Å². The van der Waals surface area contributed by atoms with E-state index in [-0.39, 0.29) is 16.9 Å². The van der Waals surface area contributed by atoms with Crippen LogP contribution in [0.4, 0.5) is 10.1 Å². The number of anilines is 1. The third-order valence-electron chi connectivity index (χ3n) is 3.24. The van der Waals surface area contributed by atoms with Crippen LogP contribution in [0.3, 0.4) is 0 Å². The largest absolute Gasteiger partial charge is 0.494 e. The molecule has 0 aliphatic carbocycles. The summed E-state index contributed by atoms with van der Waals surface area (Å²) in [6, 6.07) is 8.82. The molecule has 0 aromatic heterocycles. The monoisotopic (exact) mass is 317 g/mol. The van der Waals surface area contributed by atoms with Gasteiger partial charge in [-0.25, -0.2) is 9.18 Å². The minimum absolute atomic E-state index is 0.0483. The number of amides is 1. The summed E-state index contributed by atoms with van der Waals surface area (Å²) in [5.74, 6) is -1.70. The summed E-state index contributed by atoms with van der Waals surface area (Å²) in [4.78, 5) is 24.0. The van der Waals surface area contributed by atoms with E-state index in [1.807, 2.05) is 6.92 Å². The molecule has 0 radical (unpaired) electrons. The lowest BCUT2D eigenvalue weighted by atomic mass is 10.1. The standard InChI is InChI=1S/C17H16FNO4/c1-10-4-6-14(12(8-10)17(21)23-3)19-16(20)11-5-7-15(22-2)13(18)9-11/h4-9H,1-3H3,(H,19,20). The molecule has 1 N–H and O–H groups in total. The number of carbonyl (C=O) groups excluding carboxylic acids is 2. The zero-order valence-electron chi connectivity index (χ0n) is 13.0. The van der Waals surface area contributed by atoms with Gasteiger partial charge in [0.1, 0.15) is 0 Å². The van der Waals surface area contributed by atoms with Gasteiger partial charge >= 0.3 is 5.97 Å². The van der Waals surface area contributed by atoms with Crippen LogP contribution in [-0.2, 0) is 4.74 Å². The van der Waals surface area contributed by atoms with E-state index in [4.69, 9.17) is 9.47 Å². The number of carbonyl (C=O) groups is 2. The third kappa shape index (κ3) is 3.66. The van der Waals surface area contributed by atoms with E-state index in [9.17, 15) is 14.0 Å². The van der Waals surface area contributed by atoms with Gasteiger partial charge in [0.2, 0.25) is 0 Å². The van der Waals surface area contributed by atoms with Crippen LogP contribution in [0.15, 0.2) is 36.4 Å². The van der Waals surface area contributed by atoms with Gasteiger partial charge in [-0.3, -0.25) is 4.79 Å². The number of hydrogen-bond donors (Lipinski definition) is 1. The average molecular weight is 317 g/mol. The van der Waals surface area contributed by atoms with Gasteiger partial charge in [-0.05, 0) is 37.3 Å². The van der Waals surface area contributed by atoms with Crippen molar-refractivity contribution >= 4 is 17.6 Å². The van der Waals surface area contributed by atoms with Crippen molar-refractivity contribution in [1.82, 2.24) is 0 Å². The van der Waals surface area contributed by atoms with Crippen LogP contribution in [0, 0.1) is 12.7 Å². The molecule has 5 nitrogen and oxygen atoms in total. The zero-order valence-corrected chi connectivity index (χ0v) is 13.0. The fourth-order valence-corrected chi connectivity index (χ4v) is 2.05. The SMILES string of the molecule is COC(=O)c1cc(C)ccc1NC(=O)c1ccc(OC)c(F)c1. The molecule has 23 heavy (non-hydrogen) atoms. The van der Waals surface area contributed by atoms with Crippen molar-refractivity contribution in [3.63, 3.8) is 0 Å². The molecular weight excluding hydrogens is 301 g/mol. The molecule has 2 rings (SSSR count). The molecule has 0 aliphatic rings. The number of aryl methyl sites for hydroxylation is 1. The number of esters is 1. The van der Waals surface area contributed by atoms with Gasteiger partial charge in [-0.2, -0.15) is 0 Å². The van der Waals surface area contributed by atoms with Gasteiger partial charge in [0.15, 0.2) is 11.6 Å². The molecule has 0 heterocycles. The summed E-state index contributed by atoms with van der Waals surface area (Å²) < 4.78 is 23.2. The Morgan fingerprint density at radius 1 is 1.09 bits per heavy atom. The number of methoxy groups -OCH3 is 2. The molecule has 120 valence electrons. The van der Waals surface area contributed by atoms with Crippen molar-refractivity contribution in [2.24, 2.45) is 0 Å². The first-order chi connectivity index (χ1) is 11.0. The number of nitrogens with one attached hydrogen (secondary N) is 1. The Kier molecular flexibility index (Phi) is 4.95. The van der Waals surface area contributed by atoms with E-state index < -0.39 is 17.7 Å². The van der Waals surface area contributed by atoms with Crippen LogP contribution in [0.1, 0.15) is 26.3 Å². The molecule has 6 heteroatoms. The molecule has 0 saturated heterocycles. The van der Waals surface area contributed by atoms with Crippen molar-refractivity contribution in [2.45, 2.75) is 6.92 Å². The predicted octanol–water partition coefficient (Wildman–Crippen LogP) is 3.18. The molecule has 2 aromatic carbocycles. The van der Waals surface area contributed by atoms with E-state index in [0.29, 0.717) is 5.69 Å². The lowest BCUT2D eigenvalue weighted by molar-refractivity contribution is 0.0602. The number of halogens is 1. The summed E-state index contributed by atoms with van der Waals surface area (Å²) >= 11 is 0. The molecule has 1 amide bonds. The van der Waals surface area contributed by atoms with Gasteiger partial charge in [0.25, 0.3) is 5.91 Å². The molecule has 0 spiro atoms. The van der Waals surface area contributed by atoms with Crippen LogP contribution < -0.4 is 10.1 Å². The second kappa shape index (κ2) is 6.91. The van der Waals surface area contributed by atoms with Crippen LogP contribution in [0.25, 0.3) is 0 Å². The molecule has 0 bridgehead atoms. The van der Waals surface area contributed by atoms with Crippen molar-refractivity contribution in [3.05, 3.63) is 58.9 Å². The minimum atomic E-state index is -0.641. The highest BCUT2D eigenvalue weighted by Gasteiger charge is 2.16. The summed E-state index contributed by atoms with van der Waals surface area (Å²) in [7, 11) is 2.60. The Bertz CT molecular complexity index is 758. The first kappa shape index (κ1) is 16.5. The second-order valence-corrected chi connectivity index (χ2v) is 4.84. The lowest BCUT2D eigenvalue weighted by Gasteiger charge is -2.11. The number of hydrogen-bond acceptors (Lipinski definition) is 4. The number of rotatable bonds is 4. The summed E-state index contributed by atoms with van der Waals surface area (Å²) in [5.41, 5.74) is 1.48. The quantitative estimate of drug-likeness (QED) is 0.880. The topological polar surface area (TPSA) is 64.6 Å². The van der Waals surface area contributed by atoms with Crippen molar-refractivity contribution < 1.29 is 23.5 Å². The molecule has 0 atom stereocenters. The van der Waals surface area contributed by atoms with Crippen molar-refractivity contribution in [3.8, 4) is 5.75 Å². The predicted molar refractivity (Wildman–Crippen MR) is 83.4 cm³/mol. The molecule has 0 aliphatic heterocycles. The fraction of sp³-hybridized carbons (Fsp3) is 0.176. The van der Waals surface area contributed by atoms with E-state index >= 15 is 0 Å². The van der Waals surface area contributed by atoms with E-state index in [1.165, 1.54) is 26.4 Å². The van der Waals surface area contributed by atoms with Gasteiger partial charge < -0.3 is 14.8 Å². The Morgan fingerprint density at radius 3 is 2.43 bits per heavy atom. The van der Waals surface area contributed by atoms with Gasteiger partial charge in [0, 0.05) is 5.56 Å². The van der Waals surface area contributed by atoms with E-state index in [2.05, 4.69) is 5.32 Å². The molecule has 0 unspecified atom stereocenters. The van der Waals surface area contributed by atoms with Gasteiger partial charge in [-0.1, -0.05) is 11.6 Å². The highest BCUT2D eigenvalue weighted by molar-refractivity contribution is 6.08. The fourth-order valence-electron chi connectivity index (χ4n) is 2.05. The lowest BCUT2D eigenvalue weighted by Crippen LogP contribution is -2.16. The first-order valence-electron chi connectivity index (χ1n) is 6.80. The second-order valence-electron chi connectivity index (χ2n) is 4.84. The van der Waals surface area contributed by atoms with Crippen LogP contribution in [0.5, 0.6) is 5.75 Å². The molecule has 2 aromatic rings. The van der Waals surface area contributed by atoms with Crippen LogP contribution in [0.2, 0.25) is 0 Å². The maximum absolute atomic E-state index is 13.7. The molecule has 0 fully saturated rings. The molecule has 0 saturated carbocycles. The molecular formula is C17H16FNO4. The first-order valence-corrected chi connectivity index (χ1v) is 6.80. The minimum Gasteiger partial charge on any atom is -0.494 e. The Hall–Kier alpha value is -2.89. The smallest absolute Gasteiger partial charge is 0.339 e. The summed E-state index contributed by atoms with van der Waals surface area (Å²) in [6.07, 6.45) is 0. The number of ether oxygens (including phenoxy) is 2. The van der Waals surface area contributed by atoms with Gasteiger partial charge in [-0.15, -0.1) is 0 Å². The van der Waals surface area contributed by atoms with Crippen molar-refractivity contribution in [1.29, 1.82) is 0 Å². The van der Waals surface area contributed by atoms with Crippen molar-refractivity contribution in [2.75, 3.05) is 19.5 Å². The maximum Gasteiger partial charge on any atom is 0.339 e. The van der Waals surface area contributed by atoms with E-state index in [1.54, 1.807) is 18.2 Å². The summed E-state index contributed by atoms with van der Waals surface area (Å²) in [5, 5.41) is 2.59. The average Bonchev–Trinajstić information content (AvgIpc) is 2.55. The highest BCUT2D eigenvalue weighted by Crippen LogP contribution is 2.21. The van der Waals surface area contributed by atoms with Crippen LogP contribution >= 0.6 is 0 Å². The Labute approximate surface area is 133 Å². The zero-order chi connectivity index (χ0) is 17.0. The Morgan fingerprint density at radius 2 is 1.83 bits per heavy atom. The Balaban J connectivity index is 2.30. The van der Waals surface area contributed by atoms with E-state index in [0.717, 1.165) is 11.6 Å². The third-order valence-corrected chi connectivity index (χ3v) is 3.24.